The molecule has 1 aliphatic carbocycles. The Balaban J connectivity index is 1.80. The molecular formula is C14H19ClN2O2. The molecule has 0 bridgehead atoms. The average Bonchev–Trinajstić information content (AvgIpc) is 2.85. The Morgan fingerprint density at radius 1 is 1.42 bits per heavy atom. The number of amides is 1. The van der Waals surface area contributed by atoms with E-state index < -0.39 is 0 Å². The van der Waals surface area contributed by atoms with E-state index in [0.717, 1.165) is 19.3 Å². The summed E-state index contributed by atoms with van der Waals surface area (Å²) in [5, 5.41) is 3.49. The smallest absolute Gasteiger partial charge is 0.258 e. The summed E-state index contributed by atoms with van der Waals surface area (Å²) >= 11 is 5.95. The molecule has 0 aromatic heterocycles. The molecule has 1 saturated carbocycles. The second-order valence-electron chi connectivity index (χ2n) is 4.82. The third-order valence-electron chi connectivity index (χ3n) is 3.50. The Labute approximate surface area is 118 Å². The molecule has 19 heavy (non-hydrogen) atoms. The van der Waals surface area contributed by atoms with Gasteiger partial charge in [0.25, 0.3) is 5.91 Å². The van der Waals surface area contributed by atoms with Crippen molar-refractivity contribution in [1.82, 2.24) is 5.32 Å². The van der Waals surface area contributed by atoms with Gasteiger partial charge in [-0.05, 0) is 37.4 Å². The van der Waals surface area contributed by atoms with Crippen molar-refractivity contribution in [2.24, 2.45) is 11.7 Å². The number of hydrogen-bond donors (Lipinski definition) is 2. The minimum Gasteiger partial charge on any atom is -0.482 e. The van der Waals surface area contributed by atoms with Crippen LogP contribution in [0.5, 0.6) is 5.75 Å². The quantitative estimate of drug-likeness (QED) is 0.868. The van der Waals surface area contributed by atoms with E-state index >= 15 is 0 Å². The van der Waals surface area contributed by atoms with Crippen LogP contribution in [-0.4, -0.2) is 25.1 Å². The molecule has 2 unspecified atom stereocenters. The summed E-state index contributed by atoms with van der Waals surface area (Å²) in [6.07, 6.45) is 3.21. The third-order valence-corrected chi connectivity index (χ3v) is 3.82. The average molecular weight is 283 g/mol. The van der Waals surface area contributed by atoms with Gasteiger partial charge in [0.2, 0.25) is 0 Å². The number of halogens is 1. The van der Waals surface area contributed by atoms with Crippen LogP contribution in [-0.2, 0) is 4.79 Å². The molecule has 0 heterocycles. The number of ether oxygens (including phenoxy) is 1. The first kappa shape index (κ1) is 14.2. The van der Waals surface area contributed by atoms with Gasteiger partial charge in [0.15, 0.2) is 6.61 Å². The molecule has 0 spiro atoms. The molecule has 2 rings (SSSR count). The number of hydrogen-bond acceptors (Lipinski definition) is 3. The third kappa shape index (κ3) is 3.85. The van der Waals surface area contributed by atoms with Crippen LogP contribution < -0.4 is 15.8 Å². The molecular weight excluding hydrogens is 264 g/mol. The van der Waals surface area contributed by atoms with E-state index in [1.807, 2.05) is 12.1 Å². The molecule has 0 radical (unpaired) electrons. The molecule has 0 aliphatic heterocycles. The van der Waals surface area contributed by atoms with E-state index in [4.69, 9.17) is 22.1 Å². The van der Waals surface area contributed by atoms with Gasteiger partial charge in [-0.2, -0.15) is 0 Å². The van der Waals surface area contributed by atoms with Crippen molar-refractivity contribution in [1.29, 1.82) is 0 Å². The van der Waals surface area contributed by atoms with Gasteiger partial charge in [0.1, 0.15) is 5.75 Å². The molecule has 1 fully saturated rings. The Kier molecular flexibility index (Phi) is 5.05. The Bertz CT molecular complexity index is 439. The molecule has 5 heteroatoms. The molecule has 0 saturated heterocycles. The fourth-order valence-electron chi connectivity index (χ4n) is 2.46. The summed E-state index contributed by atoms with van der Waals surface area (Å²) in [5.41, 5.74) is 5.68. The van der Waals surface area contributed by atoms with Crippen molar-refractivity contribution >= 4 is 17.5 Å². The van der Waals surface area contributed by atoms with Gasteiger partial charge < -0.3 is 15.8 Å². The first-order chi connectivity index (χ1) is 9.20. The van der Waals surface area contributed by atoms with Crippen molar-refractivity contribution < 1.29 is 9.53 Å². The highest BCUT2D eigenvalue weighted by Crippen LogP contribution is 2.25. The molecule has 2 atom stereocenters. The topological polar surface area (TPSA) is 64.3 Å². The van der Waals surface area contributed by atoms with Crippen molar-refractivity contribution in [2.75, 3.05) is 13.2 Å². The Morgan fingerprint density at radius 2 is 2.21 bits per heavy atom. The minimum atomic E-state index is -0.120. The van der Waals surface area contributed by atoms with Crippen LogP contribution in [0.15, 0.2) is 24.3 Å². The second-order valence-corrected chi connectivity index (χ2v) is 5.23. The van der Waals surface area contributed by atoms with E-state index in [9.17, 15) is 4.79 Å². The summed E-state index contributed by atoms with van der Waals surface area (Å²) in [6.45, 7) is 0.605. The highest BCUT2D eigenvalue weighted by molar-refractivity contribution is 6.32. The summed E-state index contributed by atoms with van der Waals surface area (Å²) in [6, 6.07) is 7.30. The first-order valence-electron chi connectivity index (χ1n) is 6.57. The lowest BCUT2D eigenvalue weighted by atomic mass is 10.0. The zero-order chi connectivity index (χ0) is 13.7. The van der Waals surface area contributed by atoms with Gasteiger partial charge >= 0.3 is 0 Å². The van der Waals surface area contributed by atoms with Gasteiger partial charge in [0.05, 0.1) is 5.02 Å². The predicted molar refractivity (Wildman–Crippen MR) is 75.3 cm³/mol. The van der Waals surface area contributed by atoms with Crippen molar-refractivity contribution in [2.45, 2.75) is 25.3 Å². The van der Waals surface area contributed by atoms with Crippen LogP contribution in [0.4, 0.5) is 0 Å². The SMILES string of the molecule is NCC1CCCC1NC(=O)COc1ccccc1Cl. The monoisotopic (exact) mass is 282 g/mol. The predicted octanol–water partition coefficient (Wildman–Crippen LogP) is 1.96. The second kappa shape index (κ2) is 6.78. The summed E-state index contributed by atoms with van der Waals surface area (Å²) in [7, 11) is 0. The summed E-state index contributed by atoms with van der Waals surface area (Å²) in [4.78, 5) is 11.8. The number of carbonyl (C=O) groups excluding carboxylic acids is 1. The van der Waals surface area contributed by atoms with E-state index in [1.54, 1.807) is 12.1 Å². The minimum absolute atomic E-state index is 0.0163. The van der Waals surface area contributed by atoms with Gasteiger partial charge in [0, 0.05) is 6.04 Å². The van der Waals surface area contributed by atoms with Crippen molar-refractivity contribution in [3.63, 3.8) is 0 Å². The van der Waals surface area contributed by atoms with E-state index in [-0.39, 0.29) is 18.6 Å². The zero-order valence-electron chi connectivity index (χ0n) is 10.8. The lowest BCUT2D eigenvalue weighted by Crippen LogP contribution is -2.42. The largest absolute Gasteiger partial charge is 0.482 e. The molecule has 1 aromatic carbocycles. The first-order valence-corrected chi connectivity index (χ1v) is 6.95. The molecule has 104 valence electrons. The van der Waals surface area contributed by atoms with Gasteiger partial charge in [-0.3, -0.25) is 4.79 Å². The maximum atomic E-state index is 11.8. The fourth-order valence-corrected chi connectivity index (χ4v) is 2.65. The number of carbonyl (C=O) groups is 1. The Hall–Kier alpha value is -1.26. The maximum Gasteiger partial charge on any atom is 0.258 e. The Morgan fingerprint density at radius 3 is 2.95 bits per heavy atom. The standard InChI is InChI=1S/C14H19ClN2O2/c15-11-5-1-2-7-13(11)19-9-14(18)17-12-6-3-4-10(12)8-16/h1-2,5,7,10,12H,3-4,6,8-9,16H2,(H,17,18). The van der Waals surface area contributed by atoms with Crippen LogP contribution in [0.3, 0.4) is 0 Å². The lowest BCUT2D eigenvalue weighted by molar-refractivity contribution is -0.124. The molecule has 4 nitrogen and oxygen atoms in total. The van der Waals surface area contributed by atoms with Gasteiger partial charge in [-0.15, -0.1) is 0 Å². The van der Waals surface area contributed by atoms with Crippen LogP contribution >= 0.6 is 11.6 Å². The van der Waals surface area contributed by atoms with Crippen LogP contribution in [0.2, 0.25) is 5.02 Å². The highest BCUT2D eigenvalue weighted by Gasteiger charge is 2.27. The number of nitrogens with two attached hydrogens (primary N) is 1. The highest BCUT2D eigenvalue weighted by atomic mass is 35.5. The number of nitrogens with one attached hydrogen (secondary N) is 1. The van der Waals surface area contributed by atoms with Gasteiger partial charge in [-0.25, -0.2) is 0 Å². The van der Waals surface area contributed by atoms with Gasteiger partial charge in [-0.1, -0.05) is 30.2 Å². The summed E-state index contributed by atoms with van der Waals surface area (Å²) < 4.78 is 5.40. The van der Waals surface area contributed by atoms with Crippen molar-refractivity contribution in [3.8, 4) is 5.75 Å². The van der Waals surface area contributed by atoms with E-state index in [1.165, 1.54) is 0 Å². The van der Waals surface area contributed by atoms with Crippen molar-refractivity contribution in [3.05, 3.63) is 29.3 Å². The normalized spacial score (nSPS) is 22.2. The number of para-hydroxylation sites is 1. The zero-order valence-corrected chi connectivity index (χ0v) is 11.5. The van der Waals surface area contributed by atoms with E-state index in [0.29, 0.717) is 23.2 Å². The molecule has 1 aliphatic rings. The van der Waals surface area contributed by atoms with Crippen LogP contribution in [0.1, 0.15) is 19.3 Å². The molecule has 1 amide bonds. The molecule has 1 aromatic rings. The lowest BCUT2D eigenvalue weighted by Gasteiger charge is -2.19. The number of benzene rings is 1. The summed E-state index contributed by atoms with van der Waals surface area (Å²) in [5.74, 6) is 0.802. The maximum absolute atomic E-state index is 11.8. The molecule has 3 N–H and O–H groups in total. The van der Waals surface area contributed by atoms with Crippen LogP contribution in [0, 0.1) is 5.92 Å². The number of rotatable bonds is 5. The van der Waals surface area contributed by atoms with Crippen LogP contribution in [0.25, 0.3) is 0 Å². The van der Waals surface area contributed by atoms with E-state index in [2.05, 4.69) is 5.32 Å². The fraction of sp³-hybridized carbons (Fsp3) is 0.500.